The van der Waals surface area contributed by atoms with Gasteiger partial charge in [-0.2, -0.15) is 10.1 Å². The molecule has 0 atom stereocenters. The molecule has 2 aromatic rings. The van der Waals surface area contributed by atoms with Crippen LogP contribution in [0.3, 0.4) is 0 Å². The van der Waals surface area contributed by atoms with E-state index in [-0.39, 0.29) is 12.4 Å². The molecule has 1 aromatic heterocycles. The lowest BCUT2D eigenvalue weighted by Crippen LogP contribution is -2.24. The highest BCUT2D eigenvalue weighted by Gasteiger charge is 2.13. The van der Waals surface area contributed by atoms with E-state index in [1.165, 1.54) is 0 Å². The molecule has 0 fully saturated rings. The van der Waals surface area contributed by atoms with Gasteiger partial charge in [0, 0.05) is 23.0 Å². The molecule has 0 aliphatic heterocycles. The first-order valence-electron chi connectivity index (χ1n) is 5.20. The zero-order valence-electron chi connectivity index (χ0n) is 9.72. The lowest BCUT2D eigenvalue weighted by molar-refractivity contribution is -0.117. The summed E-state index contributed by atoms with van der Waals surface area (Å²) in [6.45, 7) is 0. The molecule has 6 nitrogen and oxygen atoms in total. The van der Waals surface area contributed by atoms with Crippen LogP contribution in [0, 0.1) is 0 Å². The van der Waals surface area contributed by atoms with Crippen molar-refractivity contribution in [3.8, 4) is 0 Å². The van der Waals surface area contributed by atoms with Crippen molar-refractivity contribution in [3.05, 3.63) is 28.9 Å². The van der Waals surface area contributed by atoms with Crippen molar-refractivity contribution in [3.63, 3.8) is 0 Å². The van der Waals surface area contributed by atoms with Crippen molar-refractivity contribution >= 4 is 34.4 Å². The highest BCUT2D eigenvalue weighted by atomic mass is 35.5. The second-order valence-electron chi connectivity index (χ2n) is 3.84. The van der Waals surface area contributed by atoms with Crippen molar-refractivity contribution < 1.29 is 4.79 Å². The van der Waals surface area contributed by atoms with E-state index in [1.807, 2.05) is 6.07 Å². The molecule has 0 radical (unpaired) electrons. The number of guanidine groups is 1. The summed E-state index contributed by atoms with van der Waals surface area (Å²) < 4.78 is 1.67. The minimum atomic E-state index is -0.439. The summed E-state index contributed by atoms with van der Waals surface area (Å²) in [6, 6.07) is 3.57. The van der Waals surface area contributed by atoms with E-state index in [4.69, 9.17) is 23.1 Å². The van der Waals surface area contributed by atoms with Crippen molar-refractivity contribution in [1.82, 2.24) is 9.78 Å². The second kappa shape index (κ2) is 4.66. The number of amides is 1. The predicted octanol–water partition coefficient (Wildman–Crippen LogP) is 0.569. The Hall–Kier alpha value is -2.08. The summed E-state index contributed by atoms with van der Waals surface area (Å²) in [4.78, 5) is 15.1. The monoisotopic (exact) mass is 265 g/mol. The normalized spacial score (nSPS) is 10.6. The number of hydrogen-bond donors (Lipinski definition) is 2. The van der Waals surface area contributed by atoms with Crippen LogP contribution in [0.4, 0.5) is 0 Å². The number of aliphatic imine (C=N–C) groups is 1. The first kappa shape index (κ1) is 12.4. The fourth-order valence-electron chi connectivity index (χ4n) is 1.83. The molecular weight excluding hydrogens is 254 g/mol. The zero-order valence-corrected chi connectivity index (χ0v) is 10.5. The number of aryl methyl sites for hydroxylation is 1. The molecule has 94 valence electrons. The highest BCUT2D eigenvalue weighted by molar-refractivity contribution is 6.32. The molecule has 18 heavy (non-hydrogen) atoms. The van der Waals surface area contributed by atoms with Crippen LogP contribution in [0.5, 0.6) is 0 Å². The zero-order chi connectivity index (χ0) is 13.3. The van der Waals surface area contributed by atoms with E-state index in [1.54, 1.807) is 24.0 Å². The number of carbonyl (C=O) groups is 1. The number of carbonyl (C=O) groups excluding carboxylic acids is 1. The summed E-state index contributed by atoms with van der Waals surface area (Å²) in [5.74, 6) is -0.695. The van der Waals surface area contributed by atoms with Crippen LogP contribution in [-0.2, 0) is 18.3 Å². The molecule has 2 rings (SSSR count). The number of hydrogen-bond acceptors (Lipinski definition) is 2. The third-order valence-corrected chi connectivity index (χ3v) is 2.89. The topological polar surface area (TPSA) is 99.3 Å². The van der Waals surface area contributed by atoms with Gasteiger partial charge in [-0.25, -0.2) is 0 Å². The number of nitrogens with two attached hydrogens (primary N) is 2. The van der Waals surface area contributed by atoms with Gasteiger partial charge in [0.25, 0.3) is 5.91 Å². The molecule has 0 aliphatic rings. The molecule has 1 aromatic carbocycles. The maximum atomic E-state index is 11.6. The minimum Gasteiger partial charge on any atom is -0.370 e. The first-order valence-corrected chi connectivity index (χ1v) is 5.58. The summed E-state index contributed by atoms with van der Waals surface area (Å²) >= 11 is 6.11. The van der Waals surface area contributed by atoms with Gasteiger partial charge in [0.05, 0.1) is 18.1 Å². The minimum absolute atomic E-state index is 0.0353. The van der Waals surface area contributed by atoms with Crippen LogP contribution in [0.25, 0.3) is 10.9 Å². The molecule has 0 aliphatic carbocycles. The Morgan fingerprint density at radius 3 is 2.89 bits per heavy atom. The Morgan fingerprint density at radius 1 is 1.50 bits per heavy atom. The molecule has 0 unspecified atom stereocenters. The van der Waals surface area contributed by atoms with Gasteiger partial charge < -0.3 is 11.5 Å². The average molecular weight is 266 g/mol. The van der Waals surface area contributed by atoms with E-state index in [2.05, 4.69) is 10.1 Å². The van der Waals surface area contributed by atoms with Gasteiger partial charge in [-0.1, -0.05) is 11.6 Å². The quantitative estimate of drug-likeness (QED) is 0.612. The molecule has 4 N–H and O–H groups in total. The number of benzene rings is 1. The highest BCUT2D eigenvalue weighted by Crippen LogP contribution is 2.26. The average Bonchev–Trinajstić information content (AvgIpc) is 2.64. The standard InChI is InChI=1S/C11H12ClN5O/c1-17-10-6(5-15-17)2-3-8(12)7(10)4-9(18)16-11(13)14/h2-3,5H,4H2,1H3,(H4,13,14,16,18). The van der Waals surface area contributed by atoms with Crippen LogP contribution in [0.1, 0.15) is 5.56 Å². The van der Waals surface area contributed by atoms with Gasteiger partial charge in [0.15, 0.2) is 5.96 Å². The summed E-state index contributed by atoms with van der Waals surface area (Å²) in [7, 11) is 1.78. The first-order chi connectivity index (χ1) is 8.49. The van der Waals surface area contributed by atoms with Crippen molar-refractivity contribution in [2.45, 2.75) is 6.42 Å². The van der Waals surface area contributed by atoms with Crippen molar-refractivity contribution in [2.75, 3.05) is 0 Å². The van der Waals surface area contributed by atoms with Crippen molar-refractivity contribution in [2.24, 2.45) is 23.5 Å². The smallest absolute Gasteiger partial charge is 0.253 e. The molecule has 1 amide bonds. The predicted molar refractivity (Wildman–Crippen MR) is 70.2 cm³/mol. The number of aromatic nitrogens is 2. The molecule has 0 spiro atoms. The Bertz CT molecular complexity index is 642. The Kier molecular flexibility index (Phi) is 3.20. The molecule has 0 saturated carbocycles. The van der Waals surface area contributed by atoms with Gasteiger partial charge in [0.1, 0.15) is 0 Å². The Labute approximate surface area is 108 Å². The molecule has 7 heteroatoms. The van der Waals surface area contributed by atoms with Crippen LogP contribution in [0.15, 0.2) is 23.3 Å². The summed E-state index contributed by atoms with van der Waals surface area (Å²) in [5.41, 5.74) is 11.8. The SMILES string of the molecule is Cn1ncc2ccc(Cl)c(CC(=O)N=C(N)N)c21. The van der Waals surface area contributed by atoms with E-state index >= 15 is 0 Å². The largest absolute Gasteiger partial charge is 0.370 e. The lowest BCUT2D eigenvalue weighted by atomic mass is 10.1. The fourth-order valence-corrected chi connectivity index (χ4v) is 2.04. The van der Waals surface area contributed by atoms with Crippen molar-refractivity contribution in [1.29, 1.82) is 0 Å². The van der Waals surface area contributed by atoms with E-state index in [0.29, 0.717) is 10.6 Å². The number of nitrogens with zero attached hydrogens (tertiary/aromatic N) is 3. The van der Waals surface area contributed by atoms with E-state index in [0.717, 1.165) is 10.9 Å². The number of fused-ring (bicyclic) bond motifs is 1. The second-order valence-corrected chi connectivity index (χ2v) is 4.25. The van der Waals surface area contributed by atoms with Crippen LogP contribution in [0.2, 0.25) is 5.02 Å². The van der Waals surface area contributed by atoms with Gasteiger partial charge in [0.2, 0.25) is 0 Å². The van der Waals surface area contributed by atoms with E-state index < -0.39 is 5.91 Å². The van der Waals surface area contributed by atoms with Gasteiger partial charge in [-0.05, 0) is 12.1 Å². The third-order valence-electron chi connectivity index (χ3n) is 2.53. The van der Waals surface area contributed by atoms with E-state index in [9.17, 15) is 4.79 Å². The van der Waals surface area contributed by atoms with Crippen LogP contribution in [-0.4, -0.2) is 21.6 Å². The Balaban J connectivity index is 2.49. The lowest BCUT2D eigenvalue weighted by Gasteiger charge is -2.05. The molecule has 0 saturated heterocycles. The van der Waals surface area contributed by atoms with Crippen LogP contribution >= 0.6 is 11.6 Å². The molecule has 1 heterocycles. The summed E-state index contributed by atoms with van der Waals surface area (Å²) in [5, 5.41) is 5.53. The number of halogens is 1. The fraction of sp³-hybridized carbons (Fsp3) is 0.182. The van der Waals surface area contributed by atoms with Gasteiger partial charge in [-0.3, -0.25) is 9.48 Å². The maximum absolute atomic E-state index is 11.6. The van der Waals surface area contributed by atoms with Gasteiger partial charge >= 0.3 is 0 Å². The molecule has 0 bridgehead atoms. The van der Waals surface area contributed by atoms with Gasteiger partial charge in [-0.15, -0.1) is 0 Å². The third kappa shape index (κ3) is 2.28. The Morgan fingerprint density at radius 2 is 2.22 bits per heavy atom. The summed E-state index contributed by atoms with van der Waals surface area (Å²) in [6.07, 6.45) is 1.74. The maximum Gasteiger partial charge on any atom is 0.253 e. The van der Waals surface area contributed by atoms with Crippen LogP contribution < -0.4 is 11.5 Å². The molecular formula is C11H12ClN5O. The number of rotatable bonds is 2.